The molecular weight excluding hydrogens is 540 g/mol. The second-order valence-electron chi connectivity index (χ2n) is 10.8. The van der Waals surface area contributed by atoms with E-state index in [9.17, 15) is 14.7 Å². The molecule has 3 atom stereocenters. The summed E-state index contributed by atoms with van der Waals surface area (Å²) in [5, 5.41) is 10.6. The minimum absolute atomic E-state index is 0.0283. The number of carbonyl (C=O) groups excluding carboxylic acids is 1. The smallest absolute Gasteiger partial charge is 0.308 e. The van der Waals surface area contributed by atoms with E-state index in [0.717, 1.165) is 31.2 Å². The van der Waals surface area contributed by atoms with Crippen molar-refractivity contribution in [2.45, 2.75) is 57.9 Å². The molecule has 42 heavy (non-hydrogen) atoms. The van der Waals surface area contributed by atoms with Gasteiger partial charge in [0.2, 0.25) is 18.4 Å². The van der Waals surface area contributed by atoms with Crippen LogP contribution >= 0.6 is 0 Å². The molecule has 0 aliphatic carbocycles. The van der Waals surface area contributed by atoms with E-state index in [2.05, 4.69) is 13.8 Å². The second-order valence-corrected chi connectivity index (χ2v) is 10.8. The zero-order valence-electron chi connectivity index (χ0n) is 25.2. The number of ether oxygens (including phenoxy) is 5. The second kappa shape index (κ2) is 15.0. The van der Waals surface area contributed by atoms with Crippen molar-refractivity contribution in [2.75, 3.05) is 53.8 Å². The lowest BCUT2D eigenvalue weighted by Crippen LogP contribution is -2.45. The first-order chi connectivity index (χ1) is 20.4. The molecule has 10 heteroatoms. The Morgan fingerprint density at radius 3 is 2.33 bits per heavy atom. The fraction of sp³-hybridized carbons (Fsp3) is 0.562. The fourth-order valence-corrected chi connectivity index (χ4v) is 5.91. The van der Waals surface area contributed by atoms with Crippen molar-refractivity contribution in [3.05, 3.63) is 42.0 Å². The Bertz CT molecular complexity index is 1200. The SMILES string of the molecule is CCCCN(CCCC)C(=O)CN1C[C@H](c2cc(OC)c3c(c2)OCO3)C(C(=O)O)[C@@H]1CCOc1ccccc1OC. The number of hydrogen-bond donors (Lipinski definition) is 1. The fourth-order valence-electron chi connectivity index (χ4n) is 5.91. The highest BCUT2D eigenvalue weighted by Crippen LogP contribution is 2.47. The average Bonchev–Trinajstić information content (AvgIpc) is 3.62. The molecule has 230 valence electrons. The summed E-state index contributed by atoms with van der Waals surface area (Å²) in [6, 6.07) is 10.6. The number of carboxylic acids is 1. The van der Waals surface area contributed by atoms with Gasteiger partial charge in [-0.25, -0.2) is 0 Å². The lowest BCUT2D eigenvalue weighted by Gasteiger charge is -2.29. The first-order valence-electron chi connectivity index (χ1n) is 14.9. The zero-order chi connectivity index (χ0) is 30.1. The molecule has 0 aromatic heterocycles. The highest BCUT2D eigenvalue weighted by Gasteiger charge is 2.47. The van der Waals surface area contributed by atoms with Gasteiger partial charge in [-0.1, -0.05) is 38.8 Å². The molecule has 0 spiro atoms. The van der Waals surface area contributed by atoms with Crippen molar-refractivity contribution < 1.29 is 38.4 Å². The van der Waals surface area contributed by atoms with E-state index in [-0.39, 0.29) is 25.9 Å². The van der Waals surface area contributed by atoms with Gasteiger partial charge in [0, 0.05) is 31.6 Å². The Morgan fingerprint density at radius 2 is 1.69 bits per heavy atom. The van der Waals surface area contributed by atoms with Gasteiger partial charge in [0.15, 0.2) is 23.0 Å². The van der Waals surface area contributed by atoms with Crippen LogP contribution in [0.25, 0.3) is 0 Å². The van der Waals surface area contributed by atoms with Crippen LogP contribution in [0, 0.1) is 5.92 Å². The summed E-state index contributed by atoms with van der Waals surface area (Å²) in [6.45, 7) is 6.54. The molecule has 1 amide bonds. The summed E-state index contributed by atoms with van der Waals surface area (Å²) < 4.78 is 28.2. The van der Waals surface area contributed by atoms with Crippen molar-refractivity contribution in [3.63, 3.8) is 0 Å². The molecule has 1 fully saturated rings. The van der Waals surface area contributed by atoms with Crippen LogP contribution in [0.4, 0.5) is 0 Å². The number of carboxylic acid groups (broad SMARTS) is 1. The maximum absolute atomic E-state index is 13.6. The third-order valence-electron chi connectivity index (χ3n) is 8.14. The number of benzene rings is 2. The van der Waals surface area contributed by atoms with E-state index in [1.807, 2.05) is 46.2 Å². The molecule has 2 aromatic rings. The molecule has 10 nitrogen and oxygen atoms in total. The maximum atomic E-state index is 13.6. The molecule has 0 bridgehead atoms. The summed E-state index contributed by atoms with van der Waals surface area (Å²) in [5.41, 5.74) is 0.780. The number of methoxy groups -OCH3 is 2. The van der Waals surface area contributed by atoms with Crippen LogP contribution in [0.5, 0.6) is 28.7 Å². The number of aliphatic carboxylic acids is 1. The summed E-state index contributed by atoms with van der Waals surface area (Å²) in [4.78, 5) is 30.5. The van der Waals surface area contributed by atoms with Gasteiger partial charge in [0.05, 0.1) is 33.3 Å². The van der Waals surface area contributed by atoms with Gasteiger partial charge in [0.1, 0.15) is 0 Å². The van der Waals surface area contributed by atoms with E-state index in [1.165, 1.54) is 0 Å². The van der Waals surface area contributed by atoms with Gasteiger partial charge in [0.25, 0.3) is 0 Å². The molecule has 0 saturated carbocycles. The van der Waals surface area contributed by atoms with Crippen LogP contribution in [0.3, 0.4) is 0 Å². The number of likely N-dealkylation sites (tertiary alicyclic amines) is 1. The van der Waals surface area contributed by atoms with Gasteiger partial charge in [-0.2, -0.15) is 0 Å². The Morgan fingerprint density at radius 1 is 1.00 bits per heavy atom. The standard InChI is InChI=1S/C32H44N2O8/c1-5-7-14-33(15-8-6-2)29(35)20-34-19-23(22-17-27(39-4)31-28(18-22)41-21-42-31)30(32(36)37)24(34)13-16-40-26-12-10-9-11-25(26)38-3/h9-12,17-18,23-24,30H,5-8,13-16,19-21H2,1-4H3,(H,36,37)/t23-,24+,30?/m1/s1. The van der Waals surface area contributed by atoms with E-state index in [0.29, 0.717) is 54.8 Å². The molecule has 1 N–H and O–H groups in total. The van der Waals surface area contributed by atoms with Crippen LogP contribution in [0.2, 0.25) is 0 Å². The molecule has 2 aromatic carbocycles. The molecule has 2 aliphatic heterocycles. The van der Waals surface area contributed by atoms with Gasteiger partial charge >= 0.3 is 5.97 Å². The monoisotopic (exact) mass is 584 g/mol. The van der Waals surface area contributed by atoms with Gasteiger partial charge < -0.3 is 33.7 Å². The quantitative estimate of drug-likeness (QED) is 0.298. The Hall–Kier alpha value is -3.66. The number of hydrogen-bond acceptors (Lipinski definition) is 8. The van der Waals surface area contributed by atoms with Crippen LogP contribution < -0.4 is 23.7 Å². The lowest BCUT2D eigenvalue weighted by atomic mass is 9.84. The van der Waals surface area contributed by atoms with E-state index < -0.39 is 23.8 Å². The summed E-state index contributed by atoms with van der Waals surface area (Å²) >= 11 is 0. The number of rotatable bonds is 16. The van der Waals surface area contributed by atoms with E-state index in [4.69, 9.17) is 23.7 Å². The largest absolute Gasteiger partial charge is 0.493 e. The van der Waals surface area contributed by atoms with Crippen LogP contribution in [0.1, 0.15) is 57.4 Å². The average molecular weight is 585 g/mol. The van der Waals surface area contributed by atoms with Gasteiger partial charge in [-0.05, 0) is 49.1 Å². The van der Waals surface area contributed by atoms with Crippen molar-refractivity contribution >= 4 is 11.9 Å². The topological polar surface area (TPSA) is 107 Å². The normalized spacial score (nSPS) is 19.5. The number of para-hydroxylation sites is 2. The molecule has 1 saturated heterocycles. The molecule has 2 heterocycles. The highest BCUT2D eigenvalue weighted by molar-refractivity contribution is 5.79. The number of amides is 1. The molecular formula is C32H44N2O8. The first-order valence-corrected chi connectivity index (χ1v) is 14.9. The predicted molar refractivity (Wildman–Crippen MR) is 158 cm³/mol. The van der Waals surface area contributed by atoms with Crippen molar-refractivity contribution in [3.8, 4) is 28.7 Å². The number of carbonyl (C=O) groups is 2. The Labute approximate surface area is 248 Å². The number of fused-ring (bicyclic) bond motifs is 1. The Kier molecular flexibility index (Phi) is 11.2. The van der Waals surface area contributed by atoms with E-state index in [1.54, 1.807) is 14.2 Å². The highest BCUT2D eigenvalue weighted by atomic mass is 16.7. The Balaban J connectivity index is 1.61. The first kappa shape index (κ1) is 31.3. The van der Waals surface area contributed by atoms with Crippen molar-refractivity contribution in [2.24, 2.45) is 5.92 Å². The molecule has 1 unspecified atom stereocenters. The van der Waals surface area contributed by atoms with Gasteiger partial charge in [-0.15, -0.1) is 0 Å². The van der Waals surface area contributed by atoms with Crippen LogP contribution in [-0.2, 0) is 9.59 Å². The maximum Gasteiger partial charge on any atom is 0.308 e. The summed E-state index contributed by atoms with van der Waals surface area (Å²) in [7, 11) is 3.13. The minimum atomic E-state index is -0.914. The number of nitrogens with zero attached hydrogens (tertiary/aromatic N) is 2. The molecule has 4 rings (SSSR count). The van der Waals surface area contributed by atoms with E-state index >= 15 is 0 Å². The summed E-state index contributed by atoms with van der Waals surface area (Å²) in [5.74, 6) is 0.696. The molecule has 2 aliphatic rings. The number of unbranched alkanes of at least 4 members (excludes halogenated alkanes) is 2. The summed E-state index contributed by atoms with van der Waals surface area (Å²) in [6.07, 6.45) is 4.28. The molecule has 0 radical (unpaired) electrons. The van der Waals surface area contributed by atoms with Crippen LogP contribution in [0.15, 0.2) is 36.4 Å². The minimum Gasteiger partial charge on any atom is -0.493 e. The van der Waals surface area contributed by atoms with Crippen LogP contribution in [-0.4, -0.2) is 86.6 Å². The third-order valence-corrected chi connectivity index (χ3v) is 8.14. The zero-order valence-corrected chi connectivity index (χ0v) is 25.2. The van der Waals surface area contributed by atoms with Crippen molar-refractivity contribution in [1.82, 2.24) is 9.80 Å². The lowest BCUT2D eigenvalue weighted by molar-refractivity contribution is -0.144. The third kappa shape index (κ3) is 7.21. The predicted octanol–water partition coefficient (Wildman–Crippen LogP) is 4.80. The van der Waals surface area contributed by atoms with Crippen molar-refractivity contribution in [1.29, 1.82) is 0 Å². The van der Waals surface area contributed by atoms with Gasteiger partial charge in [-0.3, -0.25) is 14.5 Å².